The first-order valence-corrected chi connectivity index (χ1v) is 11.1. The van der Waals surface area contributed by atoms with Crippen molar-refractivity contribution in [1.29, 1.82) is 0 Å². The van der Waals surface area contributed by atoms with E-state index in [1.54, 1.807) is 36.3 Å². The number of amides is 3. The maximum atomic E-state index is 13.4. The minimum absolute atomic E-state index is 0.0507. The molecule has 0 radical (unpaired) electrons. The molecule has 0 atom stereocenters. The van der Waals surface area contributed by atoms with Crippen LogP contribution in [0.3, 0.4) is 0 Å². The fourth-order valence-electron chi connectivity index (χ4n) is 4.09. The Morgan fingerprint density at radius 1 is 1.00 bits per heavy atom. The van der Waals surface area contributed by atoms with Gasteiger partial charge in [0.15, 0.2) is 0 Å². The van der Waals surface area contributed by atoms with E-state index in [1.807, 2.05) is 42.2 Å². The van der Waals surface area contributed by atoms with Gasteiger partial charge in [-0.25, -0.2) is 4.79 Å². The molecule has 33 heavy (non-hydrogen) atoms. The molecule has 3 amide bonds. The third-order valence-corrected chi connectivity index (χ3v) is 5.96. The van der Waals surface area contributed by atoms with E-state index in [1.165, 1.54) is 5.56 Å². The lowest BCUT2D eigenvalue weighted by atomic mass is 10.1. The van der Waals surface area contributed by atoms with Crippen molar-refractivity contribution in [3.8, 4) is 5.75 Å². The van der Waals surface area contributed by atoms with E-state index >= 15 is 0 Å². The van der Waals surface area contributed by atoms with Crippen LogP contribution in [0.1, 0.15) is 33.5 Å². The van der Waals surface area contributed by atoms with Gasteiger partial charge in [-0.3, -0.25) is 9.69 Å². The zero-order chi connectivity index (χ0) is 23.4. The van der Waals surface area contributed by atoms with Gasteiger partial charge in [-0.1, -0.05) is 36.4 Å². The molecule has 0 saturated carbocycles. The number of hydrogen-bond acceptors (Lipinski definition) is 3. The smallest absolute Gasteiger partial charge is 0.324 e. The Labute approximate surface area is 194 Å². The van der Waals surface area contributed by atoms with Crippen molar-refractivity contribution >= 4 is 23.3 Å². The summed E-state index contributed by atoms with van der Waals surface area (Å²) in [5, 5.41) is 3.00. The molecular formula is C27H29N3O3. The number of benzene rings is 3. The highest BCUT2D eigenvalue weighted by Gasteiger charge is 2.29. The van der Waals surface area contributed by atoms with Crippen molar-refractivity contribution in [3.05, 3.63) is 89.0 Å². The predicted octanol–water partition coefficient (Wildman–Crippen LogP) is 5.40. The third-order valence-electron chi connectivity index (χ3n) is 5.96. The molecule has 1 saturated heterocycles. The first-order chi connectivity index (χ1) is 16.0. The summed E-state index contributed by atoms with van der Waals surface area (Å²) in [4.78, 5) is 30.1. The Balaban J connectivity index is 1.59. The maximum absolute atomic E-state index is 13.4. The zero-order valence-corrected chi connectivity index (χ0v) is 19.3. The summed E-state index contributed by atoms with van der Waals surface area (Å²) < 4.78 is 5.24. The van der Waals surface area contributed by atoms with Crippen molar-refractivity contribution in [2.24, 2.45) is 0 Å². The van der Waals surface area contributed by atoms with Crippen molar-refractivity contribution in [2.75, 3.05) is 30.4 Å². The van der Waals surface area contributed by atoms with Gasteiger partial charge in [0.05, 0.1) is 18.5 Å². The Bertz CT molecular complexity index is 1170. The van der Waals surface area contributed by atoms with Gasteiger partial charge in [0, 0.05) is 25.2 Å². The lowest BCUT2D eigenvalue weighted by molar-refractivity contribution is 0.102. The van der Waals surface area contributed by atoms with Gasteiger partial charge in [-0.15, -0.1) is 0 Å². The highest BCUT2D eigenvalue weighted by atomic mass is 16.5. The highest BCUT2D eigenvalue weighted by molar-refractivity contribution is 6.08. The van der Waals surface area contributed by atoms with Crippen LogP contribution < -0.4 is 15.0 Å². The number of anilines is 2. The monoisotopic (exact) mass is 443 g/mol. The molecule has 1 fully saturated rings. The van der Waals surface area contributed by atoms with E-state index in [-0.39, 0.29) is 11.9 Å². The van der Waals surface area contributed by atoms with Gasteiger partial charge < -0.3 is 15.0 Å². The summed E-state index contributed by atoms with van der Waals surface area (Å²) in [5.41, 5.74) is 5.13. The molecule has 3 aromatic carbocycles. The summed E-state index contributed by atoms with van der Waals surface area (Å²) in [6, 6.07) is 20.9. The molecule has 6 heteroatoms. The van der Waals surface area contributed by atoms with Crippen LogP contribution in [0.5, 0.6) is 5.75 Å². The number of methoxy groups -OCH3 is 1. The topological polar surface area (TPSA) is 61.9 Å². The van der Waals surface area contributed by atoms with Gasteiger partial charge in [-0.2, -0.15) is 0 Å². The molecule has 1 heterocycles. The molecule has 1 aliphatic heterocycles. The SMILES string of the molecule is COc1cccc(C(=O)Nc2cc(C)ccc2N2CCCN(Cc3ccccc3C)C2=O)c1. The lowest BCUT2D eigenvalue weighted by Crippen LogP contribution is -2.49. The van der Waals surface area contributed by atoms with E-state index in [0.29, 0.717) is 42.3 Å². The molecular weight excluding hydrogens is 414 g/mol. The number of nitrogens with one attached hydrogen (secondary N) is 1. The van der Waals surface area contributed by atoms with Crippen LogP contribution in [0.4, 0.5) is 16.2 Å². The summed E-state index contributed by atoms with van der Waals surface area (Å²) in [6.45, 7) is 5.91. The number of hydrogen-bond donors (Lipinski definition) is 1. The molecule has 0 unspecified atom stereocenters. The molecule has 0 bridgehead atoms. The average Bonchev–Trinajstić information content (AvgIpc) is 2.82. The fraction of sp³-hybridized carbons (Fsp3) is 0.259. The molecule has 0 aromatic heterocycles. The Kier molecular flexibility index (Phi) is 6.63. The third kappa shape index (κ3) is 5.00. The van der Waals surface area contributed by atoms with E-state index in [2.05, 4.69) is 24.4 Å². The second-order valence-corrected chi connectivity index (χ2v) is 8.34. The fourth-order valence-corrected chi connectivity index (χ4v) is 4.09. The zero-order valence-electron chi connectivity index (χ0n) is 19.3. The van der Waals surface area contributed by atoms with Crippen molar-refractivity contribution in [2.45, 2.75) is 26.8 Å². The predicted molar refractivity (Wildman–Crippen MR) is 131 cm³/mol. The summed E-state index contributed by atoms with van der Waals surface area (Å²) >= 11 is 0. The number of nitrogens with zero attached hydrogens (tertiary/aromatic N) is 2. The maximum Gasteiger partial charge on any atom is 0.324 e. The van der Waals surface area contributed by atoms with E-state index in [9.17, 15) is 9.59 Å². The second-order valence-electron chi connectivity index (χ2n) is 8.34. The van der Waals surface area contributed by atoms with Crippen molar-refractivity contribution < 1.29 is 14.3 Å². The van der Waals surface area contributed by atoms with E-state index in [0.717, 1.165) is 17.5 Å². The quantitative estimate of drug-likeness (QED) is 0.555. The molecule has 170 valence electrons. The number of ether oxygens (including phenoxy) is 1. The first kappa shape index (κ1) is 22.4. The van der Waals surface area contributed by atoms with Crippen LogP contribution in [0.25, 0.3) is 0 Å². The number of carbonyl (C=O) groups excluding carboxylic acids is 2. The van der Waals surface area contributed by atoms with Gasteiger partial charge in [-0.05, 0) is 67.3 Å². The molecule has 6 nitrogen and oxygen atoms in total. The Hall–Kier alpha value is -3.80. The van der Waals surface area contributed by atoms with Crippen molar-refractivity contribution in [1.82, 2.24) is 4.90 Å². The van der Waals surface area contributed by atoms with Crippen LogP contribution in [-0.4, -0.2) is 37.0 Å². The number of carbonyl (C=O) groups is 2. The molecule has 0 aliphatic carbocycles. The largest absolute Gasteiger partial charge is 0.497 e. The summed E-state index contributed by atoms with van der Waals surface area (Å²) in [7, 11) is 1.57. The van der Waals surface area contributed by atoms with Gasteiger partial charge in [0.25, 0.3) is 5.91 Å². The Morgan fingerprint density at radius 3 is 2.61 bits per heavy atom. The standard InChI is InChI=1S/C27H29N3O3/c1-19-12-13-25(24(16-19)28-26(31)21-10-6-11-23(17-21)33-3)30-15-7-14-29(27(30)32)18-22-9-5-4-8-20(22)2/h4-6,8-13,16-17H,7,14-15,18H2,1-3H3,(H,28,31). The normalized spacial score (nSPS) is 13.7. The molecule has 1 N–H and O–H groups in total. The molecule has 4 rings (SSSR count). The molecule has 1 aliphatic rings. The second kappa shape index (κ2) is 9.77. The Morgan fingerprint density at radius 2 is 1.82 bits per heavy atom. The van der Waals surface area contributed by atoms with Gasteiger partial charge in [0.1, 0.15) is 5.75 Å². The first-order valence-electron chi connectivity index (χ1n) is 11.1. The molecule has 3 aromatic rings. The minimum Gasteiger partial charge on any atom is -0.497 e. The average molecular weight is 444 g/mol. The van der Waals surface area contributed by atoms with Crippen LogP contribution in [0.15, 0.2) is 66.7 Å². The van der Waals surface area contributed by atoms with Crippen LogP contribution in [-0.2, 0) is 6.54 Å². The van der Waals surface area contributed by atoms with Crippen molar-refractivity contribution in [3.63, 3.8) is 0 Å². The van der Waals surface area contributed by atoms with Crippen LogP contribution in [0.2, 0.25) is 0 Å². The van der Waals surface area contributed by atoms with Crippen LogP contribution >= 0.6 is 0 Å². The number of rotatable bonds is 6. The number of urea groups is 1. The van der Waals surface area contributed by atoms with Gasteiger partial charge >= 0.3 is 6.03 Å². The summed E-state index contributed by atoms with van der Waals surface area (Å²) in [6.07, 6.45) is 0.856. The summed E-state index contributed by atoms with van der Waals surface area (Å²) in [5.74, 6) is 0.368. The number of aryl methyl sites for hydroxylation is 2. The van der Waals surface area contributed by atoms with E-state index in [4.69, 9.17) is 4.74 Å². The van der Waals surface area contributed by atoms with E-state index < -0.39 is 0 Å². The lowest BCUT2D eigenvalue weighted by Gasteiger charge is -2.36. The van der Waals surface area contributed by atoms with Crippen LogP contribution in [0, 0.1) is 13.8 Å². The minimum atomic E-state index is -0.248. The van der Waals surface area contributed by atoms with Gasteiger partial charge in [0.2, 0.25) is 0 Å². The highest BCUT2D eigenvalue weighted by Crippen LogP contribution is 2.31. The molecule has 0 spiro atoms.